The summed E-state index contributed by atoms with van der Waals surface area (Å²) in [6, 6.07) is 4.10. The van der Waals surface area contributed by atoms with E-state index in [1.165, 1.54) is 19.2 Å². The molecule has 0 aliphatic heterocycles. The highest BCUT2D eigenvalue weighted by molar-refractivity contribution is 5.85. The number of hydrogen-bond acceptors (Lipinski definition) is 3. The molecule has 0 aliphatic carbocycles. The largest absolute Gasteiger partial charge is 0.494 e. The van der Waals surface area contributed by atoms with Crippen LogP contribution in [-0.2, 0) is 4.79 Å². The third-order valence-electron chi connectivity index (χ3n) is 3.59. The first-order valence-electron chi connectivity index (χ1n) is 8.26. The van der Waals surface area contributed by atoms with E-state index in [0.29, 0.717) is 17.0 Å². The molecular weight excluding hydrogens is 368 g/mol. The summed E-state index contributed by atoms with van der Waals surface area (Å²) >= 11 is 0. The fraction of sp³-hybridized carbons (Fsp3) is 0.529. The maximum Gasteiger partial charge on any atom is 0.406 e. The Bertz CT molecular complexity index is 665. The van der Waals surface area contributed by atoms with Crippen LogP contribution in [0.15, 0.2) is 23.2 Å². The van der Waals surface area contributed by atoms with E-state index in [-0.39, 0.29) is 17.8 Å². The first-order chi connectivity index (χ1) is 12.6. The second-order valence-corrected chi connectivity index (χ2v) is 5.82. The number of hydrogen-bond donors (Lipinski definition) is 2. The summed E-state index contributed by atoms with van der Waals surface area (Å²) in [5.74, 6) is -0.943. The van der Waals surface area contributed by atoms with E-state index in [0.717, 1.165) is 7.05 Å². The third kappa shape index (κ3) is 7.71. The monoisotopic (exact) mass is 392 g/mol. The number of likely N-dealkylation sites (N-methyl/N-ethyl adjacent to an activating group) is 1. The van der Waals surface area contributed by atoms with Crippen molar-refractivity contribution in [3.63, 3.8) is 0 Å². The average Bonchev–Trinajstić information content (AvgIpc) is 2.57. The molecule has 1 unspecified atom stereocenters. The smallest absolute Gasteiger partial charge is 0.406 e. The van der Waals surface area contributed by atoms with Crippen LogP contribution >= 0.6 is 0 Å². The molecule has 0 spiro atoms. The quantitative estimate of drug-likeness (QED) is 0.425. The number of nitrogens with zero attached hydrogens (tertiary/aromatic N) is 2. The summed E-state index contributed by atoms with van der Waals surface area (Å²) in [5, 5.41) is 5.87. The Hall–Kier alpha value is -2.52. The van der Waals surface area contributed by atoms with Crippen LogP contribution < -0.4 is 15.4 Å². The van der Waals surface area contributed by atoms with Gasteiger partial charge in [-0.25, -0.2) is 9.38 Å². The molecule has 1 aromatic rings. The summed E-state index contributed by atoms with van der Waals surface area (Å²) in [7, 11) is 2.43. The highest BCUT2D eigenvalue weighted by atomic mass is 19.4. The van der Waals surface area contributed by atoms with E-state index in [9.17, 15) is 22.4 Å². The standard InChI is InChI=1S/C17H24F4N4O2/c1-5-22-16(23-9-15(26)25(3)10-17(19,20)21)24-11(2)12-6-7-14(27-4)13(18)8-12/h6-8,11H,5,9-10H2,1-4H3,(H2,22,23,24). The van der Waals surface area contributed by atoms with Gasteiger partial charge in [-0.05, 0) is 31.5 Å². The molecule has 1 amide bonds. The number of benzene rings is 1. The number of aliphatic imine (C=N–C) groups is 1. The lowest BCUT2D eigenvalue weighted by atomic mass is 10.1. The van der Waals surface area contributed by atoms with E-state index in [4.69, 9.17) is 4.74 Å². The van der Waals surface area contributed by atoms with Gasteiger partial charge in [0.1, 0.15) is 13.1 Å². The maximum absolute atomic E-state index is 13.8. The highest BCUT2D eigenvalue weighted by Gasteiger charge is 2.31. The van der Waals surface area contributed by atoms with E-state index in [2.05, 4.69) is 15.6 Å². The zero-order valence-electron chi connectivity index (χ0n) is 15.7. The van der Waals surface area contributed by atoms with Crippen LogP contribution in [0.3, 0.4) is 0 Å². The summed E-state index contributed by atoms with van der Waals surface area (Å²) in [6.45, 7) is 2.23. The number of ether oxygens (including phenoxy) is 1. The first kappa shape index (κ1) is 22.5. The molecule has 0 saturated carbocycles. The van der Waals surface area contributed by atoms with Crippen LogP contribution in [0, 0.1) is 5.82 Å². The molecule has 0 radical (unpaired) electrons. The minimum Gasteiger partial charge on any atom is -0.494 e. The molecule has 0 heterocycles. The van der Waals surface area contributed by atoms with E-state index >= 15 is 0 Å². The van der Waals surface area contributed by atoms with Gasteiger partial charge in [0.15, 0.2) is 17.5 Å². The zero-order chi connectivity index (χ0) is 20.6. The number of guanidine groups is 1. The molecule has 1 rings (SSSR count). The highest BCUT2D eigenvalue weighted by Crippen LogP contribution is 2.21. The van der Waals surface area contributed by atoms with Crippen LogP contribution in [0.1, 0.15) is 25.5 Å². The molecule has 0 saturated heterocycles. The fourth-order valence-corrected chi connectivity index (χ4v) is 2.18. The Kier molecular flexibility index (Phi) is 8.32. The maximum atomic E-state index is 13.8. The van der Waals surface area contributed by atoms with Crippen molar-refractivity contribution in [3.05, 3.63) is 29.6 Å². The number of carbonyl (C=O) groups excluding carboxylic acids is 1. The number of rotatable bonds is 7. The molecular formula is C17H24F4N4O2. The van der Waals surface area contributed by atoms with Gasteiger partial charge < -0.3 is 20.3 Å². The molecule has 10 heteroatoms. The molecule has 0 bridgehead atoms. The van der Waals surface area contributed by atoms with E-state index in [1.807, 2.05) is 0 Å². The van der Waals surface area contributed by atoms with Gasteiger partial charge in [0.25, 0.3) is 0 Å². The lowest BCUT2D eigenvalue weighted by molar-refractivity contribution is -0.157. The molecule has 0 aliphatic rings. The van der Waals surface area contributed by atoms with Crippen LogP contribution in [0.5, 0.6) is 5.75 Å². The Labute approximate surface area is 155 Å². The molecule has 2 N–H and O–H groups in total. The predicted molar refractivity (Wildman–Crippen MR) is 94.2 cm³/mol. The van der Waals surface area contributed by atoms with Gasteiger partial charge in [-0.1, -0.05) is 6.07 Å². The van der Waals surface area contributed by atoms with E-state index in [1.54, 1.807) is 19.9 Å². The first-order valence-corrected chi connectivity index (χ1v) is 8.26. The SMILES string of the molecule is CCNC(=NCC(=O)N(C)CC(F)(F)F)NC(C)c1ccc(OC)c(F)c1. The molecule has 0 fully saturated rings. The van der Waals surface area contributed by atoms with Crippen molar-refractivity contribution in [3.8, 4) is 5.75 Å². The van der Waals surface area contributed by atoms with Crippen molar-refractivity contribution in [2.45, 2.75) is 26.1 Å². The van der Waals surface area contributed by atoms with Crippen LogP contribution in [0.25, 0.3) is 0 Å². The molecule has 27 heavy (non-hydrogen) atoms. The topological polar surface area (TPSA) is 66.0 Å². The van der Waals surface area contributed by atoms with Gasteiger partial charge >= 0.3 is 6.18 Å². The van der Waals surface area contributed by atoms with Gasteiger partial charge in [0, 0.05) is 13.6 Å². The molecule has 1 atom stereocenters. The summed E-state index contributed by atoms with van der Waals surface area (Å²) in [5.41, 5.74) is 0.611. The minimum atomic E-state index is -4.47. The summed E-state index contributed by atoms with van der Waals surface area (Å²) in [4.78, 5) is 16.4. The lowest BCUT2D eigenvalue weighted by Crippen LogP contribution is -2.41. The normalized spacial score (nSPS) is 13.1. The Morgan fingerprint density at radius 3 is 2.56 bits per heavy atom. The van der Waals surface area contributed by atoms with Crippen molar-refractivity contribution < 1.29 is 27.1 Å². The van der Waals surface area contributed by atoms with Crippen LogP contribution in [0.2, 0.25) is 0 Å². The average molecular weight is 392 g/mol. The van der Waals surface area contributed by atoms with Crippen molar-refractivity contribution in [2.75, 3.05) is 33.8 Å². The van der Waals surface area contributed by atoms with Crippen molar-refractivity contribution >= 4 is 11.9 Å². The molecule has 6 nitrogen and oxygen atoms in total. The number of amides is 1. The van der Waals surface area contributed by atoms with Gasteiger partial charge in [-0.2, -0.15) is 13.2 Å². The number of alkyl halides is 3. The summed E-state index contributed by atoms with van der Waals surface area (Å²) < 4.78 is 55.7. The van der Waals surface area contributed by atoms with Gasteiger partial charge in [0.05, 0.1) is 13.2 Å². The van der Waals surface area contributed by atoms with Gasteiger partial charge in [0.2, 0.25) is 5.91 Å². The van der Waals surface area contributed by atoms with Gasteiger partial charge in [-0.3, -0.25) is 4.79 Å². The molecule has 152 valence electrons. The minimum absolute atomic E-state index is 0.116. The zero-order valence-corrected chi connectivity index (χ0v) is 15.7. The predicted octanol–water partition coefficient (Wildman–Crippen LogP) is 2.47. The number of carbonyl (C=O) groups is 1. The Morgan fingerprint density at radius 1 is 1.37 bits per heavy atom. The second kappa shape index (κ2) is 9.98. The van der Waals surface area contributed by atoms with Gasteiger partial charge in [-0.15, -0.1) is 0 Å². The molecule has 0 aromatic heterocycles. The van der Waals surface area contributed by atoms with Crippen LogP contribution in [0.4, 0.5) is 17.6 Å². The number of halogens is 4. The second-order valence-electron chi connectivity index (χ2n) is 5.82. The number of methoxy groups -OCH3 is 1. The third-order valence-corrected chi connectivity index (χ3v) is 3.59. The lowest BCUT2D eigenvalue weighted by Gasteiger charge is -2.20. The van der Waals surface area contributed by atoms with Crippen molar-refractivity contribution in [1.82, 2.24) is 15.5 Å². The molecule has 1 aromatic carbocycles. The summed E-state index contributed by atoms with van der Waals surface area (Å²) in [6.07, 6.45) is -4.47. The van der Waals surface area contributed by atoms with Crippen molar-refractivity contribution in [1.29, 1.82) is 0 Å². The van der Waals surface area contributed by atoms with E-state index < -0.39 is 31.0 Å². The number of nitrogens with one attached hydrogen (secondary N) is 2. The fourth-order valence-electron chi connectivity index (χ4n) is 2.18. The Morgan fingerprint density at radius 2 is 2.04 bits per heavy atom. The Balaban J connectivity index is 2.78. The van der Waals surface area contributed by atoms with Crippen LogP contribution in [-0.4, -0.2) is 56.7 Å². The van der Waals surface area contributed by atoms with Crippen molar-refractivity contribution in [2.24, 2.45) is 4.99 Å².